The highest BCUT2D eigenvalue weighted by atomic mass is 16.5. The molecule has 3 atom stereocenters. The van der Waals surface area contributed by atoms with Gasteiger partial charge >= 0.3 is 5.97 Å². The van der Waals surface area contributed by atoms with Crippen molar-refractivity contribution in [2.45, 2.75) is 70.8 Å². The first-order chi connectivity index (χ1) is 8.60. The maximum absolute atomic E-state index is 12.0. The van der Waals surface area contributed by atoms with Gasteiger partial charge in [-0.1, -0.05) is 46.0 Å². The molecule has 1 aliphatic rings. The van der Waals surface area contributed by atoms with Crippen LogP contribution in [-0.2, 0) is 9.53 Å². The molecule has 3 unspecified atom stereocenters. The fourth-order valence-corrected chi connectivity index (χ4v) is 3.39. The van der Waals surface area contributed by atoms with Crippen molar-refractivity contribution >= 4 is 5.97 Å². The van der Waals surface area contributed by atoms with Crippen molar-refractivity contribution in [3.63, 3.8) is 0 Å². The molecule has 0 aliphatic heterocycles. The van der Waals surface area contributed by atoms with Crippen LogP contribution < -0.4 is 0 Å². The molecule has 0 heterocycles. The number of carbonyl (C=O) groups excluding carboxylic acids is 1. The third-order valence-electron chi connectivity index (χ3n) is 4.52. The zero-order valence-corrected chi connectivity index (χ0v) is 12.1. The van der Waals surface area contributed by atoms with E-state index in [-0.39, 0.29) is 17.8 Å². The van der Waals surface area contributed by atoms with Gasteiger partial charge < -0.3 is 9.84 Å². The smallest absolute Gasteiger partial charge is 0.311 e. The lowest BCUT2D eigenvalue weighted by atomic mass is 9.66. The van der Waals surface area contributed by atoms with Gasteiger partial charge in [0.15, 0.2) is 0 Å². The predicted molar refractivity (Wildman–Crippen MR) is 72.2 cm³/mol. The Morgan fingerprint density at radius 3 is 2.72 bits per heavy atom. The van der Waals surface area contributed by atoms with Gasteiger partial charge in [-0.2, -0.15) is 0 Å². The lowest BCUT2D eigenvalue weighted by molar-refractivity contribution is -0.166. The highest BCUT2D eigenvalue weighted by Gasteiger charge is 2.47. The Morgan fingerprint density at radius 1 is 1.44 bits per heavy atom. The van der Waals surface area contributed by atoms with E-state index in [1.54, 1.807) is 0 Å². The average Bonchev–Trinajstić information content (AvgIpc) is 2.39. The largest absolute Gasteiger partial charge is 0.469 e. The van der Waals surface area contributed by atoms with Crippen molar-refractivity contribution in [2.24, 2.45) is 11.8 Å². The number of hydrogen-bond acceptors (Lipinski definition) is 3. The predicted octanol–water partition coefficient (Wildman–Crippen LogP) is 3.30. The minimum Gasteiger partial charge on any atom is -0.469 e. The van der Waals surface area contributed by atoms with Crippen molar-refractivity contribution in [1.82, 2.24) is 0 Å². The molecule has 3 nitrogen and oxygen atoms in total. The second-order valence-electron chi connectivity index (χ2n) is 5.56. The van der Waals surface area contributed by atoms with Crippen molar-refractivity contribution in [3.05, 3.63) is 0 Å². The molecule has 0 radical (unpaired) electrons. The van der Waals surface area contributed by atoms with Crippen LogP contribution >= 0.6 is 0 Å². The number of hydrogen-bond donors (Lipinski definition) is 1. The second-order valence-corrected chi connectivity index (χ2v) is 5.56. The summed E-state index contributed by atoms with van der Waals surface area (Å²) in [6.45, 7) is 4.21. The van der Waals surface area contributed by atoms with E-state index < -0.39 is 5.60 Å². The van der Waals surface area contributed by atoms with E-state index in [2.05, 4.69) is 13.8 Å². The Hall–Kier alpha value is -0.570. The van der Waals surface area contributed by atoms with Crippen LogP contribution in [0.4, 0.5) is 0 Å². The Morgan fingerprint density at radius 2 is 2.17 bits per heavy atom. The number of ether oxygens (including phenoxy) is 1. The van der Waals surface area contributed by atoms with E-state index in [1.807, 2.05) is 0 Å². The Balaban J connectivity index is 2.88. The number of esters is 1. The number of methoxy groups -OCH3 is 1. The lowest BCUT2D eigenvalue weighted by Crippen LogP contribution is -2.50. The molecule has 0 aromatic heterocycles. The van der Waals surface area contributed by atoms with E-state index in [1.165, 1.54) is 13.5 Å². The maximum atomic E-state index is 12.0. The molecule has 106 valence electrons. The van der Waals surface area contributed by atoms with Crippen LogP contribution in [0.25, 0.3) is 0 Å². The van der Waals surface area contributed by atoms with Gasteiger partial charge in [-0.25, -0.2) is 0 Å². The monoisotopic (exact) mass is 256 g/mol. The molecule has 0 aromatic carbocycles. The summed E-state index contributed by atoms with van der Waals surface area (Å²) in [7, 11) is 1.43. The quantitative estimate of drug-likeness (QED) is 0.742. The van der Waals surface area contributed by atoms with Crippen LogP contribution in [0.3, 0.4) is 0 Å². The summed E-state index contributed by atoms with van der Waals surface area (Å²) in [6, 6.07) is 0. The molecular weight excluding hydrogens is 228 g/mol. The molecule has 1 aliphatic carbocycles. The van der Waals surface area contributed by atoms with Crippen LogP contribution in [0, 0.1) is 11.8 Å². The van der Waals surface area contributed by atoms with Crippen LogP contribution in [0.1, 0.15) is 65.2 Å². The fraction of sp³-hybridized carbons (Fsp3) is 0.933. The molecule has 1 rings (SSSR count). The highest BCUT2D eigenvalue weighted by molar-refractivity contribution is 5.73. The summed E-state index contributed by atoms with van der Waals surface area (Å²) in [6.07, 6.45) is 7.67. The summed E-state index contributed by atoms with van der Waals surface area (Å²) in [4.78, 5) is 12.0. The van der Waals surface area contributed by atoms with Crippen molar-refractivity contribution in [3.8, 4) is 0 Å². The molecule has 0 amide bonds. The molecule has 1 N–H and O–H groups in total. The van der Waals surface area contributed by atoms with Crippen LogP contribution in [0.15, 0.2) is 0 Å². The second kappa shape index (κ2) is 7.13. The number of carbonyl (C=O) groups is 1. The normalized spacial score (nSPS) is 29.9. The Labute approximate surface area is 111 Å². The fourth-order valence-electron chi connectivity index (χ4n) is 3.39. The lowest BCUT2D eigenvalue weighted by Gasteiger charge is -2.44. The van der Waals surface area contributed by atoms with E-state index in [4.69, 9.17) is 4.74 Å². The summed E-state index contributed by atoms with van der Waals surface area (Å²) < 4.78 is 4.92. The molecule has 0 aromatic rings. The van der Waals surface area contributed by atoms with E-state index in [0.29, 0.717) is 0 Å². The molecule has 0 bridgehead atoms. The van der Waals surface area contributed by atoms with E-state index >= 15 is 0 Å². The molecule has 0 spiro atoms. The van der Waals surface area contributed by atoms with E-state index in [9.17, 15) is 9.90 Å². The third kappa shape index (κ3) is 3.25. The molecule has 3 heteroatoms. The molecule has 0 saturated heterocycles. The van der Waals surface area contributed by atoms with Crippen molar-refractivity contribution in [1.29, 1.82) is 0 Å². The zero-order chi connectivity index (χ0) is 13.6. The summed E-state index contributed by atoms with van der Waals surface area (Å²) in [5.41, 5.74) is -0.838. The molecule has 1 saturated carbocycles. The number of aliphatic hydroxyl groups is 1. The molecule has 18 heavy (non-hydrogen) atoms. The van der Waals surface area contributed by atoms with Gasteiger partial charge in [-0.15, -0.1) is 0 Å². The van der Waals surface area contributed by atoms with Gasteiger partial charge in [0.25, 0.3) is 0 Å². The average molecular weight is 256 g/mol. The van der Waals surface area contributed by atoms with Gasteiger partial charge in [0.1, 0.15) is 0 Å². The zero-order valence-electron chi connectivity index (χ0n) is 12.1. The van der Waals surface area contributed by atoms with Crippen LogP contribution in [0.5, 0.6) is 0 Å². The van der Waals surface area contributed by atoms with Crippen molar-refractivity contribution in [2.75, 3.05) is 7.11 Å². The van der Waals surface area contributed by atoms with E-state index in [0.717, 1.165) is 44.9 Å². The first-order valence-corrected chi connectivity index (χ1v) is 7.40. The van der Waals surface area contributed by atoms with Crippen molar-refractivity contribution < 1.29 is 14.6 Å². The molecule has 1 fully saturated rings. The minimum atomic E-state index is -0.838. The SMILES string of the molecule is CCCCC(C(=O)OC)C1(O)CCCCC1CC. The summed E-state index contributed by atoms with van der Waals surface area (Å²) >= 11 is 0. The summed E-state index contributed by atoms with van der Waals surface area (Å²) in [5.74, 6) is -0.328. The highest BCUT2D eigenvalue weighted by Crippen LogP contribution is 2.43. The third-order valence-corrected chi connectivity index (χ3v) is 4.52. The van der Waals surface area contributed by atoms with Gasteiger partial charge in [0.05, 0.1) is 18.6 Å². The minimum absolute atomic E-state index is 0.230. The molecular formula is C15H28O3. The summed E-state index contributed by atoms with van der Waals surface area (Å²) in [5, 5.41) is 11.0. The van der Waals surface area contributed by atoms with Gasteiger partial charge in [0.2, 0.25) is 0 Å². The van der Waals surface area contributed by atoms with Crippen LogP contribution in [0.2, 0.25) is 0 Å². The topological polar surface area (TPSA) is 46.5 Å². The first kappa shape index (κ1) is 15.5. The Bertz CT molecular complexity index is 264. The number of rotatable bonds is 6. The number of unbranched alkanes of at least 4 members (excludes halogenated alkanes) is 1. The van der Waals surface area contributed by atoms with Gasteiger partial charge in [-0.05, 0) is 25.2 Å². The Kier molecular flexibility index (Phi) is 6.13. The maximum Gasteiger partial charge on any atom is 0.311 e. The first-order valence-electron chi connectivity index (χ1n) is 7.40. The van der Waals surface area contributed by atoms with Gasteiger partial charge in [0, 0.05) is 0 Å². The van der Waals surface area contributed by atoms with Gasteiger partial charge in [-0.3, -0.25) is 4.79 Å². The standard InChI is InChI=1S/C15H28O3/c1-4-6-10-13(14(16)18-3)15(17)11-8-7-9-12(15)5-2/h12-13,17H,4-11H2,1-3H3. The van der Waals surface area contributed by atoms with Crippen LogP contribution in [-0.4, -0.2) is 23.8 Å².